The lowest BCUT2D eigenvalue weighted by atomic mass is 9.71. The van der Waals surface area contributed by atoms with Crippen molar-refractivity contribution in [1.29, 1.82) is 0 Å². The van der Waals surface area contributed by atoms with Crippen LogP contribution in [0.4, 0.5) is 0 Å². The highest BCUT2D eigenvalue weighted by molar-refractivity contribution is 5.98. The number of pyridine rings is 1. The smallest absolute Gasteiger partial charge is 0.253 e. The van der Waals surface area contributed by atoms with E-state index < -0.39 is 0 Å². The van der Waals surface area contributed by atoms with Crippen LogP contribution in [0, 0.1) is 11.3 Å². The first-order valence-electron chi connectivity index (χ1n) is 11.1. The van der Waals surface area contributed by atoms with Gasteiger partial charge in [-0.05, 0) is 55.4 Å². The van der Waals surface area contributed by atoms with Crippen molar-refractivity contribution in [2.24, 2.45) is 11.3 Å². The summed E-state index contributed by atoms with van der Waals surface area (Å²) in [6.07, 6.45) is 8.07. The molecule has 1 aromatic heterocycles. The molecule has 154 valence electrons. The van der Waals surface area contributed by atoms with Crippen LogP contribution < -0.4 is 0 Å². The molecule has 3 heterocycles. The fourth-order valence-corrected chi connectivity index (χ4v) is 5.65. The van der Waals surface area contributed by atoms with Gasteiger partial charge < -0.3 is 9.64 Å². The number of nitrogens with zero attached hydrogens (tertiary/aromatic N) is 3. The number of benzene rings is 1. The van der Waals surface area contributed by atoms with E-state index in [1.807, 2.05) is 37.4 Å². The SMILES string of the molecule is COCC1CN(C2CCC2)CC12CCN(C(=O)c1ccc3ncccc3c1)CC2. The lowest BCUT2D eigenvalue weighted by Gasteiger charge is -2.43. The summed E-state index contributed by atoms with van der Waals surface area (Å²) >= 11 is 0. The van der Waals surface area contributed by atoms with Crippen molar-refractivity contribution < 1.29 is 9.53 Å². The van der Waals surface area contributed by atoms with Crippen LogP contribution >= 0.6 is 0 Å². The molecule has 1 aliphatic carbocycles. The van der Waals surface area contributed by atoms with E-state index in [2.05, 4.69) is 14.8 Å². The van der Waals surface area contributed by atoms with Gasteiger partial charge in [-0.15, -0.1) is 0 Å². The molecule has 5 heteroatoms. The predicted octanol–water partition coefficient (Wildman–Crippen LogP) is 3.59. The summed E-state index contributed by atoms with van der Waals surface area (Å²) in [5.41, 5.74) is 2.03. The van der Waals surface area contributed by atoms with Crippen molar-refractivity contribution in [2.45, 2.75) is 38.1 Å². The van der Waals surface area contributed by atoms with E-state index in [1.54, 1.807) is 6.20 Å². The second kappa shape index (κ2) is 7.69. The Kier molecular flexibility index (Phi) is 5.04. The first kappa shape index (κ1) is 19.0. The van der Waals surface area contributed by atoms with Crippen molar-refractivity contribution in [1.82, 2.24) is 14.8 Å². The van der Waals surface area contributed by atoms with Crippen molar-refractivity contribution in [3.05, 3.63) is 42.1 Å². The molecule has 0 bridgehead atoms. The van der Waals surface area contributed by atoms with Gasteiger partial charge in [-0.2, -0.15) is 0 Å². The zero-order valence-corrected chi connectivity index (χ0v) is 17.3. The molecule has 0 radical (unpaired) electrons. The maximum absolute atomic E-state index is 13.2. The summed E-state index contributed by atoms with van der Waals surface area (Å²) in [6.45, 7) is 4.90. The van der Waals surface area contributed by atoms with Gasteiger partial charge >= 0.3 is 0 Å². The molecule has 1 saturated carbocycles. The van der Waals surface area contributed by atoms with Crippen LogP contribution in [-0.2, 0) is 4.74 Å². The normalized spacial score (nSPS) is 24.9. The third-order valence-corrected chi connectivity index (χ3v) is 7.69. The molecule has 2 aliphatic heterocycles. The molecule has 1 amide bonds. The van der Waals surface area contributed by atoms with Gasteiger partial charge in [0, 0.05) is 62.4 Å². The molecule has 1 aromatic carbocycles. The minimum Gasteiger partial charge on any atom is -0.384 e. The van der Waals surface area contributed by atoms with Crippen LogP contribution in [0.15, 0.2) is 36.5 Å². The van der Waals surface area contributed by atoms with E-state index in [9.17, 15) is 4.79 Å². The summed E-state index contributed by atoms with van der Waals surface area (Å²) < 4.78 is 5.60. The summed E-state index contributed by atoms with van der Waals surface area (Å²) in [7, 11) is 1.83. The molecular formula is C24H31N3O2. The number of methoxy groups -OCH3 is 1. The molecule has 5 nitrogen and oxygen atoms in total. The highest BCUT2D eigenvalue weighted by atomic mass is 16.5. The number of rotatable bonds is 4. The van der Waals surface area contributed by atoms with Crippen LogP contribution in [0.5, 0.6) is 0 Å². The lowest BCUT2D eigenvalue weighted by Crippen LogP contribution is -2.47. The Morgan fingerprint density at radius 1 is 1.24 bits per heavy atom. The Hall–Kier alpha value is -1.98. The largest absolute Gasteiger partial charge is 0.384 e. The molecule has 1 spiro atoms. The second-order valence-electron chi connectivity index (χ2n) is 9.23. The van der Waals surface area contributed by atoms with Gasteiger partial charge in [0.15, 0.2) is 0 Å². The van der Waals surface area contributed by atoms with Crippen molar-refractivity contribution in [3.63, 3.8) is 0 Å². The van der Waals surface area contributed by atoms with Gasteiger partial charge in [0.25, 0.3) is 5.91 Å². The summed E-state index contributed by atoms with van der Waals surface area (Å²) in [4.78, 5) is 22.3. The predicted molar refractivity (Wildman–Crippen MR) is 114 cm³/mol. The number of ether oxygens (including phenoxy) is 1. The second-order valence-corrected chi connectivity index (χ2v) is 9.23. The van der Waals surface area contributed by atoms with Crippen LogP contribution in [0.2, 0.25) is 0 Å². The van der Waals surface area contributed by atoms with Crippen LogP contribution in [0.1, 0.15) is 42.5 Å². The summed E-state index contributed by atoms with van der Waals surface area (Å²) in [5, 5.41) is 1.03. The number of aromatic nitrogens is 1. The van der Waals surface area contributed by atoms with Crippen molar-refractivity contribution >= 4 is 16.8 Å². The minimum atomic E-state index is 0.155. The van der Waals surface area contributed by atoms with Gasteiger partial charge in [-0.25, -0.2) is 0 Å². The highest BCUT2D eigenvalue weighted by Gasteiger charge is 2.50. The van der Waals surface area contributed by atoms with Gasteiger partial charge in [-0.3, -0.25) is 14.7 Å². The molecule has 1 atom stereocenters. The van der Waals surface area contributed by atoms with Gasteiger partial charge in [0.05, 0.1) is 12.1 Å². The minimum absolute atomic E-state index is 0.155. The molecule has 1 unspecified atom stereocenters. The number of likely N-dealkylation sites (tertiary alicyclic amines) is 2. The van der Waals surface area contributed by atoms with E-state index in [0.29, 0.717) is 11.3 Å². The van der Waals surface area contributed by atoms with E-state index in [1.165, 1.54) is 32.4 Å². The fraction of sp³-hybridized carbons (Fsp3) is 0.583. The Labute approximate surface area is 173 Å². The van der Waals surface area contributed by atoms with E-state index in [4.69, 9.17) is 4.74 Å². The number of hydrogen-bond donors (Lipinski definition) is 0. The topological polar surface area (TPSA) is 45.7 Å². The number of piperidine rings is 1. The van der Waals surface area contributed by atoms with E-state index in [-0.39, 0.29) is 5.91 Å². The van der Waals surface area contributed by atoms with E-state index in [0.717, 1.165) is 55.0 Å². The first-order valence-corrected chi connectivity index (χ1v) is 11.1. The molecular weight excluding hydrogens is 362 g/mol. The first-order chi connectivity index (χ1) is 14.2. The maximum atomic E-state index is 13.2. The Morgan fingerprint density at radius 2 is 2.07 bits per heavy atom. The zero-order valence-electron chi connectivity index (χ0n) is 17.3. The number of fused-ring (bicyclic) bond motifs is 1. The maximum Gasteiger partial charge on any atom is 0.253 e. The fourth-order valence-electron chi connectivity index (χ4n) is 5.65. The van der Waals surface area contributed by atoms with Gasteiger partial charge in [0.1, 0.15) is 0 Å². The summed E-state index contributed by atoms with van der Waals surface area (Å²) in [6, 6.07) is 10.6. The highest BCUT2D eigenvalue weighted by Crippen LogP contribution is 2.47. The average molecular weight is 394 g/mol. The third-order valence-electron chi connectivity index (χ3n) is 7.69. The standard InChI is InChI=1S/C24H31N3O2/c1-29-16-20-15-27(21-5-2-6-21)17-24(20)9-12-26(13-10-24)23(28)19-7-8-22-18(14-19)4-3-11-25-22/h3-4,7-8,11,14,20-21H,2,5-6,9-10,12-13,15-17H2,1H3. The van der Waals surface area contributed by atoms with Gasteiger partial charge in [0.2, 0.25) is 0 Å². The van der Waals surface area contributed by atoms with Crippen molar-refractivity contribution in [2.75, 3.05) is 39.9 Å². The molecule has 3 aliphatic rings. The quantitative estimate of drug-likeness (QED) is 0.796. The Bertz CT molecular complexity index is 887. The molecule has 2 aromatic rings. The average Bonchev–Trinajstić information content (AvgIpc) is 3.03. The zero-order chi connectivity index (χ0) is 19.8. The molecule has 5 rings (SSSR count). The molecule has 29 heavy (non-hydrogen) atoms. The summed E-state index contributed by atoms with van der Waals surface area (Å²) in [5.74, 6) is 0.750. The molecule has 3 fully saturated rings. The van der Waals surface area contributed by atoms with Crippen LogP contribution in [-0.4, -0.2) is 66.6 Å². The monoisotopic (exact) mass is 393 g/mol. The van der Waals surface area contributed by atoms with Crippen molar-refractivity contribution in [3.8, 4) is 0 Å². The van der Waals surface area contributed by atoms with E-state index >= 15 is 0 Å². The molecule has 0 N–H and O–H groups in total. The van der Waals surface area contributed by atoms with Crippen LogP contribution in [0.3, 0.4) is 0 Å². The number of hydrogen-bond acceptors (Lipinski definition) is 4. The lowest BCUT2D eigenvalue weighted by molar-refractivity contribution is 0.0312. The van der Waals surface area contributed by atoms with Crippen LogP contribution in [0.25, 0.3) is 10.9 Å². The number of carbonyl (C=O) groups is 1. The Morgan fingerprint density at radius 3 is 2.79 bits per heavy atom. The van der Waals surface area contributed by atoms with Gasteiger partial charge in [-0.1, -0.05) is 12.5 Å². The third kappa shape index (κ3) is 3.44. The number of amides is 1. The Balaban J connectivity index is 1.28. The number of carbonyl (C=O) groups excluding carboxylic acids is 1. The molecule has 2 saturated heterocycles.